The number of amides is 1. The van der Waals surface area contributed by atoms with E-state index in [1.807, 2.05) is 32.9 Å². The molecule has 0 aliphatic rings. The van der Waals surface area contributed by atoms with E-state index in [0.717, 1.165) is 16.7 Å². The number of nitro benzene ring substituents is 1. The Balaban J connectivity index is 1.97. The molecule has 3 aromatic rings. The van der Waals surface area contributed by atoms with E-state index >= 15 is 0 Å². The predicted molar refractivity (Wildman–Crippen MR) is 113 cm³/mol. The van der Waals surface area contributed by atoms with E-state index in [2.05, 4.69) is 26.3 Å². The molecule has 2 aromatic carbocycles. The molecule has 1 heterocycles. The number of anilines is 1. The van der Waals surface area contributed by atoms with Crippen LogP contribution in [0.25, 0.3) is 0 Å². The molecule has 0 aliphatic carbocycles. The number of rotatable bonds is 5. The predicted octanol–water partition coefficient (Wildman–Crippen LogP) is 5.06. The van der Waals surface area contributed by atoms with Gasteiger partial charge in [-0.15, -0.1) is 0 Å². The maximum Gasteiger partial charge on any atom is 0.275 e. The summed E-state index contributed by atoms with van der Waals surface area (Å²) in [6.45, 7) is 5.84. The first-order valence-corrected chi connectivity index (χ1v) is 9.49. The van der Waals surface area contributed by atoms with Gasteiger partial charge >= 0.3 is 0 Å². The zero-order chi connectivity index (χ0) is 21.3. The maximum absolute atomic E-state index is 12.6. The van der Waals surface area contributed by atoms with Gasteiger partial charge in [-0.2, -0.15) is 5.10 Å². The van der Waals surface area contributed by atoms with Gasteiger partial charge in [0.25, 0.3) is 11.6 Å². The number of aromatic nitrogens is 2. The minimum Gasteiger partial charge on any atom is -0.457 e. The Kier molecular flexibility index (Phi) is 5.69. The van der Waals surface area contributed by atoms with Crippen LogP contribution in [-0.4, -0.2) is 20.6 Å². The van der Waals surface area contributed by atoms with Gasteiger partial charge < -0.3 is 10.1 Å². The summed E-state index contributed by atoms with van der Waals surface area (Å²) in [4.78, 5) is 23.4. The smallest absolute Gasteiger partial charge is 0.275 e. The summed E-state index contributed by atoms with van der Waals surface area (Å²) in [5, 5.41) is 18.0. The Morgan fingerprint density at radius 1 is 1.21 bits per heavy atom. The van der Waals surface area contributed by atoms with Crippen molar-refractivity contribution in [3.63, 3.8) is 0 Å². The number of ether oxygens (including phenoxy) is 1. The number of non-ortho nitro benzene ring substituents is 1. The number of halogens is 1. The van der Waals surface area contributed by atoms with Crippen molar-refractivity contribution >= 4 is 33.2 Å². The average molecular weight is 459 g/mol. The zero-order valence-electron chi connectivity index (χ0n) is 16.3. The summed E-state index contributed by atoms with van der Waals surface area (Å²) in [7, 11) is 1.63. The lowest BCUT2D eigenvalue weighted by atomic mass is 10.1. The van der Waals surface area contributed by atoms with Crippen LogP contribution >= 0.6 is 15.9 Å². The number of carbonyl (C=O) groups excluding carboxylic acids is 1. The number of nitrogens with zero attached hydrogens (tertiary/aromatic N) is 3. The van der Waals surface area contributed by atoms with Crippen LogP contribution in [0.2, 0.25) is 0 Å². The highest BCUT2D eigenvalue weighted by Gasteiger charge is 2.18. The lowest BCUT2D eigenvalue weighted by Gasteiger charge is -2.13. The molecule has 1 aromatic heterocycles. The van der Waals surface area contributed by atoms with Crippen LogP contribution in [0.3, 0.4) is 0 Å². The van der Waals surface area contributed by atoms with E-state index < -0.39 is 10.8 Å². The van der Waals surface area contributed by atoms with Gasteiger partial charge in [0.1, 0.15) is 17.2 Å². The summed E-state index contributed by atoms with van der Waals surface area (Å²) >= 11 is 3.27. The number of hydrogen-bond acceptors (Lipinski definition) is 5. The van der Waals surface area contributed by atoms with Gasteiger partial charge in [0, 0.05) is 19.2 Å². The minimum atomic E-state index is -0.531. The fraction of sp³-hybridized carbons (Fsp3) is 0.200. The van der Waals surface area contributed by atoms with Crippen LogP contribution in [-0.2, 0) is 7.05 Å². The fourth-order valence-corrected chi connectivity index (χ4v) is 3.44. The van der Waals surface area contributed by atoms with E-state index in [-0.39, 0.29) is 17.1 Å². The highest BCUT2D eigenvalue weighted by Crippen LogP contribution is 2.33. The van der Waals surface area contributed by atoms with E-state index in [9.17, 15) is 14.9 Å². The van der Waals surface area contributed by atoms with E-state index in [1.54, 1.807) is 13.1 Å². The third kappa shape index (κ3) is 4.45. The van der Waals surface area contributed by atoms with E-state index in [0.29, 0.717) is 15.9 Å². The van der Waals surface area contributed by atoms with Crippen molar-refractivity contribution in [2.24, 2.45) is 7.05 Å². The second kappa shape index (κ2) is 8.04. The Labute approximate surface area is 175 Å². The van der Waals surface area contributed by atoms with Crippen molar-refractivity contribution in [2.45, 2.75) is 20.8 Å². The Hall–Kier alpha value is -3.20. The monoisotopic (exact) mass is 458 g/mol. The molecule has 0 saturated heterocycles. The standard InChI is InChI=1S/C20H19BrN4O4/c1-11-5-12(2)13(3)18(6-11)29-16-8-14(7-15(9-16)25(27)28)23-20(26)19-17(21)10-22-24(19)4/h5-10H,1-4H3,(H,23,26). The molecule has 0 aliphatic heterocycles. The van der Waals surface area contributed by atoms with Gasteiger partial charge in [0.05, 0.1) is 27.3 Å². The molecule has 1 N–H and O–H groups in total. The maximum atomic E-state index is 12.6. The molecule has 0 unspecified atom stereocenters. The van der Waals surface area contributed by atoms with E-state index in [4.69, 9.17) is 4.74 Å². The Bertz CT molecular complexity index is 1100. The largest absolute Gasteiger partial charge is 0.457 e. The molecule has 0 bridgehead atoms. The molecule has 150 valence electrons. The topological polar surface area (TPSA) is 99.3 Å². The van der Waals surface area contributed by atoms with Gasteiger partial charge in [-0.3, -0.25) is 19.6 Å². The Morgan fingerprint density at radius 2 is 1.93 bits per heavy atom. The van der Waals surface area contributed by atoms with Crippen LogP contribution in [0.5, 0.6) is 11.5 Å². The van der Waals surface area contributed by atoms with E-state index in [1.165, 1.54) is 23.0 Å². The minimum absolute atomic E-state index is 0.191. The summed E-state index contributed by atoms with van der Waals surface area (Å²) < 4.78 is 7.87. The first-order chi connectivity index (χ1) is 13.7. The quantitative estimate of drug-likeness (QED) is 0.425. The first-order valence-electron chi connectivity index (χ1n) is 8.69. The van der Waals surface area contributed by atoms with Gasteiger partial charge in [-0.1, -0.05) is 6.07 Å². The van der Waals surface area contributed by atoms with Gasteiger partial charge in [0.15, 0.2) is 0 Å². The lowest BCUT2D eigenvalue weighted by Crippen LogP contribution is -2.16. The molecular formula is C20H19BrN4O4. The van der Waals surface area contributed by atoms with Crippen molar-refractivity contribution in [2.75, 3.05) is 5.32 Å². The van der Waals surface area contributed by atoms with Crippen LogP contribution in [0, 0.1) is 30.9 Å². The van der Waals surface area contributed by atoms with Gasteiger partial charge in [-0.25, -0.2) is 0 Å². The zero-order valence-corrected chi connectivity index (χ0v) is 17.9. The highest BCUT2D eigenvalue weighted by molar-refractivity contribution is 9.10. The molecule has 29 heavy (non-hydrogen) atoms. The molecule has 9 heteroatoms. The van der Waals surface area contributed by atoms with Crippen LogP contribution < -0.4 is 10.1 Å². The molecule has 0 fully saturated rings. The van der Waals surface area contributed by atoms with Crippen LogP contribution in [0.4, 0.5) is 11.4 Å². The highest BCUT2D eigenvalue weighted by atomic mass is 79.9. The summed E-state index contributed by atoms with van der Waals surface area (Å²) in [5.74, 6) is 0.409. The number of benzene rings is 2. The first kappa shape index (κ1) is 20.5. The van der Waals surface area contributed by atoms with Crippen LogP contribution in [0.1, 0.15) is 27.2 Å². The Morgan fingerprint density at radius 3 is 2.55 bits per heavy atom. The van der Waals surface area contributed by atoms with Gasteiger partial charge in [-0.05, 0) is 59.5 Å². The summed E-state index contributed by atoms with van der Waals surface area (Å²) in [5.41, 5.74) is 3.36. The second-order valence-electron chi connectivity index (χ2n) is 6.70. The number of nitro groups is 1. The number of aryl methyl sites for hydroxylation is 3. The summed E-state index contributed by atoms with van der Waals surface area (Å²) in [6.07, 6.45) is 1.50. The average Bonchev–Trinajstić information content (AvgIpc) is 2.97. The van der Waals surface area contributed by atoms with Crippen molar-refractivity contribution in [1.29, 1.82) is 0 Å². The molecular weight excluding hydrogens is 440 g/mol. The third-order valence-corrected chi connectivity index (χ3v) is 5.04. The van der Waals surface area contributed by atoms with Crippen molar-refractivity contribution in [3.05, 3.63) is 73.5 Å². The molecule has 0 radical (unpaired) electrons. The van der Waals surface area contributed by atoms with Crippen molar-refractivity contribution in [3.8, 4) is 11.5 Å². The molecule has 0 atom stereocenters. The molecule has 0 saturated carbocycles. The van der Waals surface area contributed by atoms with Gasteiger partial charge in [0.2, 0.25) is 0 Å². The number of hydrogen-bond donors (Lipinski definition) is 1. The second-order valence-corrected chi connectivity index (χ2v) is 7.55. The SMILES string of the molecule is Cc1cc(C)c(C)c(Oc2cc(NC(=O)c3c(Br)cnn3C)cc([N+](=O)[O-])c2)c1. The van der Waals surface area contributed by atoms with Crippen LogP contribution in [0.15, 0.2) is 41.0 Å². The number of carbonyl (C=O) groups is 1. The molecule has 8 nitrogen and oxygen atoms in total. The van der Waals surface area contributed by atoms with Crippen molar-refractivity contribution in [1.82, 2.24) is 9.78 Å². The van der Waals surface area contributed by atoms with Crippen molar-refractivity contribution < 1.29 is 14.5 Å². The molecule has 0 spiro atoms. The lowest BCUT2D eigenvalue weighted by molar-refractivity contribution is -0.384. The molecule has 3 rings (SSSR count). The molecule has 1 amide bonds. The third-order valence-electron chi connectivity index (χ3n) is 4.46. The summed E-state index contributed by atoms with van der Waals surface area (Å²) in [6, 6.07) is 8.06. The number of nitrogens with one attached hydrogen (secondary N) is 1. The fourth-order valence-electron chi connectivity index (χ4n) is 2.91. The normalized spacial score (nSPS) is 10.7.